The summed E-state index contributed by atoms with van der Waals surface area (Å²) in [6.07, 6.45) is 0. The molecule has 0 aliphatic rings. The Morgan fingerprint density at radius 2 is 0.865 bits per heavy atom. The molecule has 0 aliphatic carbocycles. The Labute approximate surface area is 216 Å². The van der Waals surface area contributed by atoms with Crippen LogP contribution in [0.5, 0.6) is 0 Å². The van der Waals surface area contributed by atoms with Crippen molar-refractivity contribution in [3.63, 3.8) is 0 Å². The van der Waals surface area contributed by atoms with Gasteiger partial charge in [-0.2, -0.15) is 0 Å². The second kappa shape index (κ2) is 10.8. The number of carbonyl (C=O) groups excluding carboxylic acids is 2. The zero-order valence-corrected chi connectivity index (χ0v) is 20.4. The van der Waals surface area contributed by atoms with E-state index in [1.807, 2.05) is 104 Å². The molecule has 0 saturated heterocycles. The normalized spacial score (nSPS) is 10.5. The van der Waals surface area contributed by atoms with Crippen LogP contribution in [-0.4, -0.2) is 11.8 Å². The van der Waals surface area contributed by atoms with Crippen LogP contribution in [0, 0.1) is 6.92 Å². The SMILES string of the molecule is Cc1ccc(NC(=O)c2ccc(-c3ccccc3)cc2)c(NC(=O)c2ccc(-c3ccccc3)cc2)c1. The number of amides is 2. The van der Waals surface area contributed by atoms with Crippen molar-refractivity contribution in [2.45, 2.75) is 6.92 Å². The first-order valence-corrected chi connectivity index (χ1v) is 12.1. The number of hydrogen-bond acceptors (Lipinski definition) is 2. The number of hydrogen-bond donors (Lipinski definition) is 2. The predicted molar refractivity (Wildman–Crippen MR) is 151 cm³/mol. The highest BCUT2D eigenvalue weighted by Gasteiger charge is 2.13. The summed E-state index contributed by atoms with van der Waals surface area (Å²) < 4.78 is 0. The average Bonchev–Trinajstić information content (AvgIpc) is 2.95. The maximum Gasteiger partial charge on any atom is 0.255 e. The van der Waals surface area contributed by atoms with E-state index in [0.717, 1.165) is 27.8 Å². The Balaban J connectivity index is 1.31. The van der Waals surface area contributed by atoms with Crippen LogP contribution in [0.15, 0.2) is 127 Å². The van der Waals surface area contributed by atoms with Gasteiger partial charge in [-0.15, -0.1) is 0 Å². The lowest BCUT2D eigenvalue weighted by atomic mass is 10.0. The third-order valence-corrected chi connectivity index (χ3v) is 6.18. The number of rotatable bonds is 6. The molecule has 0 radical (unpaired) electrons. The zero-order chi connectivity index (χ0) is 25.6. The highest BCUT2D eigenvalue weighted by Crippen LogP contribution is 2.26. The summed E-state index contributed by atoms with van der Waals surface area (Å²) in [4.78, 5) is 26.0. The summed E-state index contributed by atoms with van der Waals surface area (Å²) in [5, 5.41) is 5.91. The largest absolute Gasteiger partial charge is 0.320 e. The van der Waals surface area contributed by atoms with Gasteiger partial charge in [-0.25, -0.2) is 0 Å². The summed E-state index contributed by atoms with van der Waals surface area (Å²) in [6.45, 7) is 1.94. The first-order chi connectivity index (χ1) is 18.1. The molecule has 4 heteroatoms. The Kier molecular flexibility index (Phi) is 6.91. The molecule has 0 bridgehead atoms. The average molecular weight is 483 g/mol. The van der Waals surface area contributed by atoms with E-state index in [1.165, 1.54) is 0 Å². The highest BCUT2D eigenvalue weighted by atomic mass is 16.2. The van der Waals surface area contributed by atoms with Gasteiger partial charge in [0.1, 0.15) is 0 Å². The van der Waals surface area contributed by atoms with Gasteiger partial charge in [0.05, 0.1) is 11.4 Å². The molecule has 0 atom stereocenters. The minimum Gasteiger partial charge on any atom is -0.320 e. The molecule has 180 valence electrons. The summed E-state index contributed by atoms with van der Waals surface area (Å²) >= 11 is 0. The lowest BCUT2D eigenvalue weighted by molar-refractivity contribution is 0.101. The zero-order valence-electron chi connectivity index (χ0n) is 20.4. The Bertz CT molecular complexity index is 1530. The van der Waals surface area contributed by atoms with Gasteiger partial charge in [0.25, 0.3) is 11.8 Å². The van der Waals surface area contributed by atoms with Crippen LogP contribution in [-0.2, 0) is 0 Å². The minimum atomic E-state index is -0.244. The van der Waals surface area contributed by atoms with Crippen molar-refractivity contribution in [3.05, 3.63) is 144 Å². The smallest absolute Gasteiger partial charge is 0.255 e. The molecule has 0 unspecified atom stereocenters. The molecule has 2 amide bonds. The summed E-state index contributed by atoms with van der Waals surface area (Å²) in [7, 11) is 0. The van der Waals surface area contributed by atoms with Crippen molar-refractivity contribution >= 4 is 23.2 Å². The molecule has 4 nitrogen and oxygen atoms in total. The van der Waals surface area contributed by atoms with Crippen molar-refractivity contribution in [1.82, 2.24) is 0 Å². The van der Waals surface area contributed by atoms with E-state index >= 15 is 0 Å². The molecule has 0 spiro atoms. The van der Waals surface area contributed by atoms with Crippen molar-refractivity contribution in [3.8, 4) is 22.3 Å². The quantitative estimate of drug-likeness (QED) is 0.259. The molecule has 2 N–H and O–H groups in total. The van der Waals surface area contributed by atoms with Gasteiger partial charge in [0.2, 0.25) is 0 Å². The lowest BCUT2D eigenvalue weighted by Gasteiger charge is -2.14. The van der Waals surface area contributed by atoms with E-state index < -0.39 is 0 Å². The van der Waals surface area contributed by atoms with E-state index in [1.54, 1.807) is 30.3 Å². The number of benzene rings is 5. The third-order valence-electron chi connectivity index (χ3n) is 6.18. The molecule has 0 aromatic heterocycles. The molecular formula is C33H26N2O2. The molecule has 5 rings (SSSR count). The van der Waals surface area contributed by atoms with Gasteiger partial charge >= 0.3 is 0 Å². The maximum atomic E-state index is 13.0. The monoisotopic (exact) mass is 482 g/mol. The molecule has 5 aromatic carbocycles. The molecule has 37 heavy (non-hydrogen) atoms. The molecule has 0 aliphatic heterocycles. The molecule has 0 saturated carbocycles. The first-order valence-electron chi connectivity index (χ1n) is 12.1. The fraction of sp³-hybridized carbons (Fsp3) is 0.0303. The van der Waals surface area contributed by atoms with Gasteiger partial charge in [0.15, 0.2) is 0 Å². The highest BCUT2D eigenvalue weighted by molar-refractivity contribution is 6.10. The molecule has 0 heterocycles. The van der Waals surface area contributed by atoms with Crippen LogP contribution in [0.3, 0.4) is 0 Å². The van der Waals surface area contributed by atoms with Gasteiger partial charge in [-0.1, -0.05) is 91.0 Å². The molecule has 5 aromatic rings. The number of carbonyl (C=O) groups is 2. The fourth-order valence-corrected chi connectivity index (χ4v) is 4.15. The van der Waals surface area contributed by atoms with Crippen molar-refractivity contribution in [2.24, 2.45) is 0 Å². The topological polar surface area (TPSA) is 58.2 Å². The lowest BCUT2D eigenvalue weighted by Crippen LogP contribution is -2.17. The Morgan fingerprint density at radius 3 is 1.32 bits per heavy atom. The minimum absolute atomic E-state index is 0.243. The van der Waals surface area contributed by atoms with Gasteiger partial charge < -0.3 is 10.6 Å². The second-order valence-corrected chi connectivity index (χ2v) is 8.84. The predicted octanol–water partition coefficient (Wildman–Crippen LogP) is 7.83. The Morgan fingerprint density at radius 1 is 0.459 bits per heavy atom. The number of nitrogens with one attached hydrogen (secondary N) is 2. The second-order valence-electron chi connectivity index (χ2n) is 8.84. The third kappa shape index (κ3) is 5.65. The molecular weight excluding hydrogens is 456 g/mol. The van der Waals surface area contributed by atoms with Gasteiger partial charge in [-0.3, -0.25) is 9.59 Å². The first kappa shape index (κ1) is 23.8. The van der Waals surface area contributed by atoms with Crippen LogP contribution in [0.1, 0.15) is 26.3 Å². The maximum absolute atomic E-state index is 13.0. The number of aryl methyl sites for hydroxylation is 1. The standard InChI is InChI=1S/C33H26N2O2/c1-23-12-21-30(34-32(36)28-17-13-26(14-18-28)24-8-4-2-5-9-24)31(22-23)35-33(37)29-19-15-27(16-20-29)25-10-6-3-7-11-25/h2-22H,1H3,(H,34,36)(H,35,37). The van der Waals surface area contributed by atoms with Crippen LogP contribution in [0.25, 0.3) is 22.3 Å². The van der Waals surface area contributed by atoms with Crippen LogP contribution >= 0.6 is 0 Å². The van der Waals surface area contributed by atoms with E-state index in [-0.39, 0.29) is 11.8 Å². The van der Waals surface area contributed by atoms with Crippen molar-refractivity contribution in [1.29, 1.82) is 0 Å². The molecule has 0 fully saturated rings. The fourth-order valence-electron chi connectivity index (χ4n) is 4.15. The van der Waals surface area contributed by atoms with Gasteiger partial charge in [-0.05, 0) is 71.1 Å². The summed E-state index contributed by atoms with van der Waals surface area (Å²) in [5.41, 5.74) is 7.40. The van der Waals surface area contributed by atoms with Crippen LogP contribution in [0.2, 0.25) is 0 Å². The van der Waals surface area contributed by atoms with E-state index in [2.05, 4.69) is 10.6 Å². The number of anilines is 2. The van der Waals surface area contributed by atoms with Crippen LogP contribution in [0.4, 0.5) is 11.4 Å². The Hall–Kier alpha value is -4.96. The van der Waals surface area contributed by atoms with Crippen LogP contribution < -0.4 is 10.6 Å². The van der Waals surface area contributed by atoms with E-state index in [4.69, 9.17) is 0 Å². The van der Waals surface area contributed by atoms with E-state index in [0.29, 0.717) is 22.5 Å². The summed E-state index contributed by atoms with van der Waals surface area (Å²) in [5.74, 6) is -0.487. The van der Waals surface area contributed by atoms with Crippen molar-refractivity contribution < 1.29 is 9.59 Å². The van der Waals surface area contributed by atoms with E-state index in [9.17, 15) is 9.59 Å². The summed E-state index contributed by atoms with van der Waals surface area (Å²) in [6, 6.07) is 40.5. The van der Waals surface area contributed by atoms with Crippen molar-refractivity contribution in [2.75, 3.05) is 10.6 Å². The van der Waals surface area contributed by atoms with Gasteiger partial charge in [0, 0.05) is 11.1 Å².